The minimum Gasteiger partial charge on any atom is -0.374 e. The number of hydrogen-bond donors (Lipinski definition) is 2. The molecule has 3 nitrogen and oxygen atoms in total. The molecule has 1 amide bonds. The molecule has 0 radical (unpaired) electrons. The Hall–Kier alpha value is -1.51. The van der Waals surface area contributed by atoms with Crippen molar-refractivity contribution in [3.8, 4) is 0 Å². The predicted molar refractivity (Wildman–Crippen MR) is 79.4 cm³/mol. The lowest BCUT2D eigenvalue weighted by molar-refractivity contribution is -0.121. The summed E-state index contributed by atoms with van der Waals surface area (Å²) in [5.74, 6) is 0.547. The Labute approximate surface area is 115 Å². The molecule has 1 aromatic rings. The number of carbonyl (C=O) groups excluding carboxylic acids is 1. The van der Waals surface area contributed by atoms with Crippen molar-refractivity contribution in [1.29, 1.82) is 0 Å². The first kappa shape index (κ1) is 13.9. The zero-order valence-electron chi connectivity index (χ0n) is 12.1. The highest BCUT2D eigenvalue weighted by Crippen LogP contribution is 2.25. The molecular weight excluding hydrogens is 236 g/mol. The van der Waals surface area contributed by atoms with Crippen molar-refractivity contribution in [2.45, 2.75) is 46.1 Å². The molecule has 3 heteroatoms. The van der Waals surface area contributed by atoms with E-state index in [9.17, 15) is 4.79 Å². The normalized spacial score (nSPS) is 15.2. The van der Waals surface area contributed by atoms with E-state index < -0.39 is 0 Å². The van der Waals surface area contributed by atoms with Crippen molar-refractivity contribution in [2.75, 3.05) is 11.9 Å². The summed E-state index contributed by atoms with van der Waals surface area (Å²) in [6, 6.07) is 6.26. The van der Waals surface area contributed by atoms with E-state index in [1.54, 1.807) is 0 Å². The number of hydrogen-bond acceptors (Lipinski definition) is 2. The van der Waals surface area contributed by atoms with Crippen LogP contribution < -0.4 is 10.6 Å². The molecule has 0 bridgehead atoms. The molecule has 1 atom stereocenters. The van der Waals surface area contributed by atoms with Crippen LogP contribution in [0.1, 0.15) is 38.3 Å². The lowest BCUT2D eigenvalue weighted by atomic mass is 10.1. The zero-order chi connectivity index (χ0) is 13.8. The minimum atomic E-state index is -0.196. The summed E-state index contributed by atoms with van der Waals surface area (Å²) in [6.45, 7) is 6.83. The molecule has 1 aromatic carbocycles. The highest BCUT2D eigenvalue weighted by Gasteiger charge is 2.15. The van der Waals surface area contributed by atoms with Gasteiger partial charge >= 0.3 is 0 Å². The first-order valence-electron chi connectivity index (χ1n) is 7.22. The molecule has 0 fully saturated rings. The van der Waals surface area contributed by atoms with Crippen LogP contribution in [0.4, 0.5) is 5.69 Å². The number of fused-ring (bicyclic) bond motifs is 1. The van der Waals surface area contributed by atoms with Crippen LogP contribution in [0, 0.1) is 5.92 Å². The monoisotopic (exact) mass is 260 g/mol. The molecule has 1 aliphatic rings. The van der Waals surface area contributed by atoms with Crippen molar-refractivity contribution in [3.05, 3.63) is 29.3 Å². The Morgan fingerprint density at radius 2 is 1.95 bits per heavy atom. The smallest absolute Gasteiger partial charge is 0.242 e. The Bertz CT molecular complexity index is 454. The highest BCUT2D eigenvalue weighted by atomic mass is 16.2. The summed E-state index contributed by atoms with van der Waals surface area (Å²) in [6.07, 6.45) is 3.61. The number of amides is 1. The van der Waals surface area contributed by atoms with E-state index >= 15 is 0 Å². The van der Waals surface area contributed by atoms with E-state index in [0.29, 0.717) is 5.92 Å². The zero-order valence-corrected chi connectivity index (χ0v) is 12.1. The van der Waals surface area contributed by atoms with E-state index in [1.807, 2.05) is 6.92 Å². The Kier molecular flexibility index (Phi) is 4.46. The van der Waals surface area contributed by atoms with E-state index in [1.165, 1.54) is 30.4 Å². The second-order valence-corrected chi connectivity index (χ2v) is 5.84. The van der Waals surface area contributed by atoms with Crippen molar-refractivity contribution in [2.24, 2.45) is 5.92 Å². The molecular formula is C16H24N2O. The van der Waals surface area contributed by atoms with Gasteiger partial charge in [-0.3, -0.25) is 4.79 Å². The van der Waals surface area contributed by atoms with Crippen LogP contribution in [0.2, 0.25) is 0 Å². The van der Waals surface area contributed by atoms with E-state index in [2.05, 4.69) is 42.7 Å². The highest BCUT2D eigenvalue weighted by molar-refractivity contribution is 5.84. The predicted octanol–water partition coefficient (Wildman–Crippen LogP) is 2.75. The summed E-state index contributed by atoms with van der Waals surface area (Å²) in [4.78, 5) is 11.9. The van der Waals surface area contributed by atoms with Crippen LogP contribution in [0.5, 0.6) is 0 Å². The molecule has 0 saturated carbocycles. The molecule has 1 aliphatic carbocycles. The van der Waals surface area contributed by atoms with Crippen molar-refractivity contribution in [1.82, 2.24) is 5.32 Å². The van der Waals surface area contributed by atoms with Crippen molar-refractivity contribution < 1.29 is 4.79 Å². The number of benzene rings is 1. The second kappa shape index (κ2) is 6.09. The van der Waals surface area contributed by atoms with Gasteiger partial charge in [0.2, 0.25) is 5.91 Å². The summed E-state index contributed by atoms with van der Waals surface area (Å²) in [5, 5.41) is 6.24. The molecule has 0 heterocycles. The minimum absolute atomic E-state index is 0.0641. The summed E-state index contributed by atoms with van der Waals surface area (Å²) < 4.78 is 0. The van der Waals surface area contributed by atoms with Gasteiger partial charge in [0, 0.05) is 12.2 Å². The van der Waals surface area contributed by atoms with Crippen LogP contribution in [0.3, 0.4) is 0 Å². The van der Waals surface area contributed by atoms with E-state index in [4.69, 9.17) is 0 Å². The van der Waals surface area contributed by atoms with Crippen LogP contribution in [-0.4, -0.2) is 18.5 Å². The first-order chi connectivity index (χ1) is 9.06. The number of anilines is 1. The van der Waals surface area contributed by atoms with Gasteiger partial charge in [0.25, 0.3) is 0 Å². The van der Waals surface area contributed by atoms with Crippen LogP contribution in [0.25, 0.3) is 0 Å². The van der Waals surface area contributed by atoms with Gasteiger partial charge in [-0.05, 0) is 55.4 Å². The number of rotatable bonds is 5. The van der Waals surface area contributed by atoms with Gasteiger partial charge < -0.3 is 10.6 Å². The lowest BCUT2D eigenvalue weighted by Crippen LogP contribution is -2.39. The summed E-state index contributed by atoms with van der Waals surface area (Å²) >= 11 is 0. The van der Waals surface area contributed by atoms with E-state index in [-0.39, 0.29) is 11.9 Å². The van der Waals surface area contributed by atoms with Gasteiger partial charge in [-0.25, -0.2) is 0 Å². The third-order valence-electron chi connectivity index (χ3n) is 3.56. The maximum Gasteiger partial charge on any atom is 0.242 e. The maximum absolute atomic E-state index is 11.9. The standard InChI is InChI=1S/C16H24N2O/c1-11(2)10-17-16(19)12(3)18-15-8-7-13-5-4-6-14(13)9-15/h7-9,11-12,18H,4-6,10H2,1-3H3,(H,17,19)/t12-/m0/s1. The third kappa shape index (κ3) is 3.72. The molecule has 0 spiro atoms. The maximum atomic E-state index is 11.9. The Balaban J connectivity index is 1.91. The van der Waals surface area contributed by atoms with Gasteiger partial charge in [-0.2, -0.15) is 0 Å². The molecule has 2 rings (SSSR count). The van der Waals surface area contributed by atoms with Gasteiger partial charge in [-0.15, -0.1) is 0 Å². The number of nitrogens with one attached hydrogen (secondary N) is 2. The summed E-state index contributed by atoms with van der Waals surface area (Å²) in [7, 11) is 0. The fraction of sp³-hybridized carbons (Fsp3) is 0.562. The van der Waals surface area contributed by atoms with Gasteiger partial charge in [-0.1, -0.05) is 19.9 Å². The third-order valence-corrected chi connectivity index (χ3v) is 3.56. The van der Waals surface area contributed by atoms with Gasteiger partial charge in [0.05, 0.1) is 0 Å². The van der Waals surface area contributed by atoms with Crippen LogP contribution in [0.15, 0.2) is 18.2 Å². The quantitative estimate of drug-likeness (QED) is 0.854. The van der Waals surface area contributed by atoms with Crippen LogP contribution in [-0.2, 0) is 17.6 Å². The fourth-order valence-corrected chi connectivity index (χ4v) is 2.43. The van der Waals surface area contributed by atoms with Crippen molar-refractivity contribution >= 4 is 11.6 Å². The Morgan fingerprint density at radius 1 is 1.21 bits per heavy atom. The van der Waals surface area contributed by atoms with E-state index in [0.717, 1.165) is 12.2 Å². The molecule has 0 aliphatic heterocycles. The topological polar surface area (TPSA) is 41.1 Å². The van der Waals surface area contributed by atoms with Gasteiger partial charge in [0.1, 0.15) is 6.04 Å². The number of carbonyl (C=O) groups is 1. The second-order valence-electron chi connectivity index (χ2n) is 5.84. The molecule has 2 N–H and O–H groups in total. The SMILES string of the molecule is CC(C)CNC(=O)[C@H](C)Nc1ccc2c(c1)CCC2. The van der Waals surface area contributed by atoms with Crippen LogP contribution >= 0.6 is 0 Å². The van der Waals surface area contributed by atoms with Gasteiger partial charge in [0.15, 0.2) is 0 Å². The molecule has 0 unspecified atom stereocenters. The Morgan fingerprint density at radius 3 is 2.68 bits per heavy atom. The largest absolute Gasteiger partial charge is 0.374 e. The number of aryl methyl sites for hydroxylation is 2. The first-order valence-corrected chi connectivity index (χ1v) is 7.22. The average molecular weight is 260 g/mol. The molecule has 0 saturated heterocycles. The average Bonchev–Trinajstić information content (AvgIpc) is 2.83. The van der Waals surface area contributed by atoms with Crippen molar-refractivity contribution in [3.63, 3.8) is 0 Å². The lowest BCUT2D eigenvalue weighted by Gasteiger charge is -2.17. The fourth-order valence-electron chi connectivity index (χ4n) is 2.43. The summed E-state index contributed by atoms with van der Waals surface area (Å²) in [5.41, 5.74) is 3.94. The molecule has 0 aromatic heterocycles. The molecule has 104 valence electrons. The molecule has 19 heavy (non-hydrogen) atoms.